The summed E-state index contributed by atoms with van der Waals surface area (Å²) in [5, 5.41) is 9.31. The van der Waals surface area contributed by atoms with Crippen molar-refractivity contribution >= 4 is 13.4 Å². The number of nitrogens with two attached hydrogens (primary N) is 1. The number of ether oxygens (including phenoxy) is 1. The van der Waals surface area contributed by atoms with Gasteiger partial charge >= 0.3 is 13.3 Å². The molecule has 10 heteroatoms. The molecule has 1 aromatic rings. The zero-order chi connectivity index (χ0) is 14.9. The average molecular weight is 305 g/mol. The van der Waals surface area contributed by atoms with Gasteiger partial charge in [0.2, 0.25) is 0 Å². The second kappa shape index (κ2) is 5.63. The summed E-state index contributed by atoms with van der Waals surface area (Å²) >= 11 is 0. The van der Waals surface area contributed by atoms with Gasteiger partial charge in [0.05, 0.1) is 12.6 Å². The highest BCUT2D eigenvalue weighted by Gasteiger charge is 2.40. The first-order chi connectivity index (χ1) is 9.32. The number of hydrogen-bond donors (Lipinski definition) is 4. The summed E-state index contributed by atoms with van der Waals surface area (Å²) in [4.78, 5) is 33.6. The number of aliphatic hydroxyl groups is 1. The Kier molecular flexibility index (Phi) is 4.26. The SMILES string of the molecule is Nc1ccn([C@@H]2CC[C@H](P(=O)(O)O)O[C@@H]2CO)c(=O)n1. The molecular weight excluding hydrogens is 289 g/mol. The van der Waals surface area contributed by atoms with Crippen molar-refractivity contribution in [1.29, 1.82) is 0 Å². The lowest BCUT2D eigenvalue weighted by Gasteiger charge is -2.36. The number of nitrogens with zero attached hydrogens (tertiary/aromatic N) is 2. The number of aromatic nitrogens is 2. The van der Waals surface area contributed by atoms with Gasteiger partial charge in [0, 0.05) is 6.20 Å². The molecule has 0 radical (unpaired) electrons. The first-order valence-electron chi connectivity index (χ1n) is 5.99. The Morgan fingerprint density at radius 3 is 2.75 bits per heavy atom. The van der Waals surface area contributed by atoms with E-state index >= 15 is 0 Å². The Hall–Kier alpha value is -1.25. The zero-order valence-electron chi connectivity index (χ0n) is 10.5. The number of nitrogen functional groups attached to an aromatic ring is 1. The molecule has 0 unspecified atom stereocenters. The van der Waals surface area contributed by atoms with E-state index in [1.807, 2.05) is 0 Å². The molecule has 0 amide bonds. The molecule has 0 spiro atoms. The summed E-state index contributed by atoms with van der Waals surface area (Å²) in [6, 6.07) is 0.897. The van der Waals surface area contributed by atoms with Crippen molar-refractivity contribution < 1.29 is 24.2 Å². The lowest BCUT2D eigenvalue weighted by molar-refractivity contribution is -0.0759. The van der Waals surface area contributed by atoms with Crippen LogP contribution in [-0.4, -0.2) is 43.0 Å². The average Bonchev–Trinajstić information content (AvgIpc) is 2.37. The molecule has 20 heavy (non-hydrogen) atoms. The van der Waals surface area contributed by atoms with Gasteiger partial charge < -0.3 is 25.4 Å². The third kappa shape index (κ3) is 3.08. The van der Waals surface area contributed by atoms with E-state index in [2.05, 4.69) is 4.98 Å². The molecule has 5 N–H and O–H groups in total. The number of hydrogen-bond acceptors (Lipinski definition) is 6. The normalized spacial score (nSPS) is 27.4. The lowest BCUT2D eigenvalue weighted by Crippen LogP contribution is -2.42. The van der Waals surface area contributed by atoms with Gasteiger partial charge in [-0.3, -0.25) is 9.13 Å². The van der Waals surface area contributed by atoms with Crippen LogP contribution in [-0.2, 0) is 9.30 Å². The monoisotopic (exact) mass is 305 g/mol. The van der Waals surface area contributed by atoms with Crippen molar-refractivity contribution in [2.24, 2.45) is 0 Å². The summed E-state index contributed by atoms with van der Waals surface area (Å²) in [5.41, 5.74) is 4.80. The van der Waals surface area contributed by atoms with Crippen LogP contribution in [0.2, 0.25) is 0 Å². The van der Waals surface area contributed by atoms with Crippen molar-refractivity contribution in [2.75, 3.05) is 12.3 Å². The third-order valence-electron chi connectivity index (χ3n) is 3.23. The highest BCUT2D eigenvalue weighted by Crippen LogP contribution is 2.48. The lowest BCUT2D eigenvalue weighted by atomic mass is 10.0. The van der Waals surface area contributed by atoms with Gasteiger partial charge in [0.1, 0.15) is 11.9 Å². The summed E-state index contributed by atoms with van der Waals surface area (Å²) in [6.07, 6.45) is 0.915. The Morgan fingerprint density at radius 1 is 1.50 bits per heavy atom. The van der Waals surface area contributed by atoms with Gasteiger partial charge in [-0.2, -0.15) is 4.98 Å². The van der Waals surface area contributed by atoms with Gasteiger partial charge in [0.25, 0.3) is 0 Å². The second-order valence-electron chi connectivity index (χ2n) is 4.59. The Bertz CT molecular complexity index is 585. The van der Waals surface area contributed by atoms with E-state index in [1.165, 1.54) is 16.8 Å². The molecule has 0 aliphatic carbocycles. The van der Waals surface area contributed by atoms with E-state index in [0.29, 0.717) is 0 Å². The van der Waals surface area contributed by atoms with Crippen LogP contribution >= 0.6 is 7.60 Å². The standard InChI is InChI=1S/C10H16N3O6P/c11-8-3-4-13(10(15)12-8)6-1-2-9(20(16,17)18)19-7(6)5-14/h3-4,6-7,9,14H,1-2,5H2,(H2,11,12,15)(H2,16,17,18)/t6-,7-,9+/m1/s1. The number of rotatable bonds is 3. The van der Waals surface area contributed by atoms with Crippen LogP contribution in [0.15, 0.2) is 17.1 Å². The van der Waals surface area contributed by atoms with E-state index in [9.17, 15) is 14.5 Å². The largest absolute Gasteiger partial charge is 0.394 e. The van der Waals surface area contributed by atoms with Crippen LogP contribution in [0.5, 0.6) is 0 Å². The van der Waals surface area contributed by atoms with Crippen molar-refractivity contribution in [3.8, 4) is 0 Å². The maximum Gasteiger partial charge on any atom is 0.354 e. The minimum Gasteiger partial charge on any atom is -0.394 e. The summed E-state index contributed by atoms with van der Waals surface area (Å²) in [7, 11) is -4.39. The molecule has 112 valence electrons. The molecule has 1 aromatic heterocycles. The minimum absolute atomic E-state index is 0.0802. The molecule has 9 nitrogen and oxygen atoms in total. The molecule has 3 atom stereocenters. The molecule has 1 aliphatic rings. The highest BCUT2D eigenvalue weighted by atomic mass is 31.2. The topological polar surface area (TPSA) is 148 Å². The van der Waals surface area contributed by atoms with Gasteiger partial charge in [-0.1, -0.05) is 0 Å². The van der Waals surface area contributed by atoms with Crippen molar-refractivity contribution in [2.45, 2.75) is 30.8 Å². The van der Waals surface area contributed by atoms with Gasteiger partial charge in [0.15, 0.2) is 5.85 Å². The molecule has 2 rings (SSSR count). The predicted octanol–water partition coefficient (Wildman–Crippen LogP) is -0.958. The zero-order valence-corrected chi connectivity index (χ0v) is 11.4. The van der Waals surface area contributed by atoms with Crippen molar-refractivity contribution in [3.05, 3.63) is 22.7 Å². The molecule has 0 saturated carbocycles. The number of anilines is 1. The van der Waals surface area contributed by atoms with E-state index in [-0.39, 0.29) is 18.7 Å². The second-order valence-corrected chi connectivity index (χ2v) is 6.34. The Labute approximate surface area is 114 Å². The fourth-order valence-electron chi connectivity index (χ4n) is 2.27. The smallest absolute Gasteiger partial charge is 0.354 e. The molecule has 1 aliphatic heterocycles. The third-order valence-corrected chi connectivity index (χ3v) is 4.36. The fraction of sp³-hybridized carbons (Fsp3) is 0.600. The van der Waals surface area contributed by atoms with E-state index in [1.54, 1.807) is 0 Å². The van der Waals surface area contributed by atoms with E-state index < -0.39 is 37.9 Å². The van der Waals surface area contributed by atoms with E-state index in [0.717, 1.165) is 0 Å². The maximum absolute atomic E-state index is 11.8. The van der Waals surface area contributed by atoms with Crippen LogP contribution in [0.25, 0.3) is 0 Å². The van der Waals surface area contributed by atoms with Crippen LogP contribution in [0.4, 0.5) is 5.82 Å². The predicted molar refractivity (Wildman–Crippen MR) is 69.0 cm³/mol. The summed E-state index contributed by atoms with van der Waals surface area (Å²) < 4.78 is 17.7. The highest BCUT2D eigenvalue weighted by molar-refractivity contribution is 7.52. The molecule has 0 bridgehead atoms. The molecule has 2 heterocycles. The summed E-state index contributed by atoms with van der Waals surface area (Å²) in [5.74, 6) is -1.18. The van der Waals surface area contributed by atoms with Gasteiger partial charge in [-0.15, -0.1) is 0 Å². The fourth-order valence-corrected chi connectivity index (χ4v) is 3.07. The van der Waals surface area contributed by atoms with Crippen molar-refractivity contribution in [3.63, 3.8) is 0 Å². The number of aliphatic hydroxyl groups excluding tert-OH is 1. The Morgan fingerprint density at radius 2 is 2.20 bits per heavy atom. The molecule has 0 aromatic carbocycles. The van der Waals surface area contributed by atoms with Crippen LogP contribution < -0.4 is 11.4 Å². The van der Waals surface area contributed by atoms with Gasteiger partial charge in [-0.05, 0) is 18.9 Å². The molecule has 1 saturated heterocycles. The first-order valence-corrected chi connectivity index (χ1v) is 7.67. The van der Waals surface area contributed by atoms with Gasteiger partial charge in [-0.25, -0.2) is 4.79 Å². The minimum atomic E-state index is -4.39. The van der Waals surface area contributed by atoms with Crippen LogP contribution in [0.1, 0.15) is 18.9 Å². The van der Waals surface area contributed by atoms with Crippen LogP contribution in [0.3, 0.4) is 0 Å². The molecular formula is C10H16N3O6P. The quantitative estimate of drug-likeness (QED) is 0.522. The molecule has 1 fully saturated rings. The maximum atomic E-state index is 11.8. The summed E-state index contributed by atoms with van der Waals surface area (Å²) in [6.45, 7) is -0.460. The first kappa shape index (κ1) is 15.1. The van der Waals surface area contributed by atoms with Crippen LogP contribution in [0, 0.1) is 0 Å². The van der Waals surface area contributed by atoms with E-state index in [4.69, 9.17) is 20.3 Å². The Balaban J connectivity index is 2.25. The van der Waals surface area contributed by atoms with Crippen molar-refractivity contribution in [1.82, 2.24) is 9.55 Å².